The minimum Gasteiger partial charge on any atom is -0.297 e. The number of hydrogen-bond acceptors (Lipinski definition) is 1. The number of benzene rings is 3. The average Bonchev–Trinajstić information content (AvgIpc) is 3.14. The Morgan fingerprint density at radius 3 is 2.52 bits per heavy atom. The highest BCUT2D eigenvalue weighted by Gasteiger charge is 2.38. The van der Waals surface area contributed by atoms with Gasteiger partial charge in [0.1, 0.15) is 6.33 Å². The number of rotatable bonds is 1. The van der Waals surface area contributed by atoms with Crippen molar-refractivity contribution in [3.05, 3.63) is 81.7 Å². The second-order valence-corrected chi connectivity index (χ2v) is 8.25. The molecule has 0 atom stereocenters. The first-order chi connectivity index (χ1) is 12.1. The molecule has 0 radical (unpaired) electrons. The van der Waals surface area contributed by atoms with E-state index < -0.39 is 0 Å². The first-order valence-electron chi connectivity index (χ1n) is 8.44. The van der Waals surface area contributed by atoms with Gasteiger partial charge in [-0.15, -0.1) is 0 Å². The van der Waals surface area contributed by atoms with E-state index in [1.165, 1.54) is 31.5 Å². The lowest BCUT2D eigenvalue weighted by Crippen LogP contribution is -2.18. The number of imidazole rings is 1. The molecule has 2 nitrogen and oxygen atoms in total. The number of hydrogen-bond donors (Lipinski definition) is 0. The highest BCUT2D eigenvalue weighted by molar-refractivity contribution is 14.1. The molecule has 1 heterocycles. The maximum atomic E-state index is 4.62. The van der Waals surface area contributed by atoms with E-state index in [1.807, 2.05) is 12.4 Å². The summed E-state index contributed by atoms with van der Waals surface area (Å²) in [5.41, 5.74) is 8.89. The number of fused-ring (bicyclic) bond motifs is 4. The van der Waals surface area contributed by atoms with E-state index in [2.05, 4.69) is 101 Å². The summed E-state index contributed by atoms with van der Waals surface area (Å²) in [5.74, 6) is 0. The van der Waals surface area contributed by atoms with Gasteiger partial charge >= 0.3 is 0 Å². The Kier molecular flexibility index (Phi) is 3.14. The van der Waals surface area contributed by atoms with Crippen LogP contribution in [0.3, 0.4) is 0 Å². The third kappa shape index (κ3) is 1.99. The topological polar surface area (TPSA) is 17.8 Å². The summed E-state index contributed by atoms with van der Waals surface area (Å²) in [5, 5.41) is 0. The van der Waals surface area contributed by atoms with Crippen LogP contribution in [0.2, 0.25) is 0 Å². The number of para-hydroxylation sites is 2. The maximum Gasteiger partial charge on any atom is 0.100 e. The van der Waals surface area contributed by atoms with Crippen molar-refractivity contribution in [2.45, 2.75) is 19.3 Å². The zero-order valence-corrected chi connectivity index (χ0v) is 16.3. The molecule has 1 aromatic heterocycles. The summed E-state index contributed by atoms with van der Waals surface area (Å²) in [6.45, 7) is 4.66. The zero-order chi connectivity index (χ0) is 17.2. The Labute approximate surface area is 160 Å². The normalized spacial score (nSPS) is 14.5. The summed E-state index contributed by atoms with van der Waals surface area (Å²) >= 11 is 2.45. The van der Waals surface area contributed by atoms with Gasteiger partial charge in [0.2, 0.25) is 0 Å². The van der Waals surface area contributed by atoms with Crippen molar-refractivity contribution in [2.75, 3.05) is 0 Å². The Bertz CT molecular complexity index is 1140. The van der Waals surface area contributed by atoms with Gasteiger partial charge in [-0.1, -0.05) is 56.3 Å². The van der Waals surface area contributed by atoms with Crippen LogP contribution < -0.4 is 0 Å². The molecule has 0 spiro atoms. The van der Waals surface area contributed by atoms with E-state index in [0.717, 1.165) is 11.0 Å². The van der Waals surface area contributed by atoms with Crippen molar-refractivity contribution in [3.63, 3.8) is 0 Å². The number of nitrogens with zero attached hydrogens (tertiary/aromatic N) is 2. The molecule has 4 aromatic rings. The van der Waals surface area contributed by atoms with E-state index in [9.17, 15) is 0 Å². The highest BCUT2D eigenvalue weighted by Crippen LogP contribution is 2.51. The second-order valence-electron chi connectivity index (χ2n) is 7.09. The number of aromatic nitrogens is 2. The van der Waals surface area contributed by atoms with Crippen LogP contribution in [0.4, 0.5) is 0 Å². The number of halogens is 1. The molecular formula is C22H17IN2. The predicted molar refractivity (Wildman–Crippen MR) is 111 cm³/mol. The average molecular weight is 436 g/mol. The molecule has 5 rings (SSSR count). The fourth-order valence-corrected chi connectivity index (χ4v) is 4.90. The van der Waals surface area contributed by atoms with Crippen LogP contribution in [-0.2, 0) is 5.41 Å². The largest absolute Gasteiger partial charge is 0.297 e. The lowest BCUT2D eigenvalue weighted by Gasteiger charge is -2.25. The van der Waals surface area contributed by atoms with Gasteiger partial charge in [0.25, 0.3) is 0 Å². The smallest absolute Gasteiger partial charge is 0.100 e. The Morgan fingerprint density at radius 1 is 0.880 bits per heavy atom. The molecule has 3 heteroatoms. The first kappa shape index (κ1) is 15.1. The lowest BCUT2D eigenvalue weighted by molar-refractivity contribution is 0.655. The molecule has 0 amide bonds. The zero-order valence-electron chi connectivity index (χ0n) is 14.1. The highest BCUT2D eigenvalue weighted by atomic mass is 127. The molecule has 1 aliphatic rings. The molecule has 0 aliphatic heterocycles. The van der Waals surface area contributed by atoms with E-state index in [-0.39, 0.29) is 5.41 Å². The molecule has 0 unspecified atom stereocenters. The van der Waals surface area contributed by atoms with Crippen molar-refractivity contribution in [1.82, 2.24) is 9.55 Å². The van der Waals surface area contributed by atoms with E-state index in [1.54, 1.807) is 0 Å². The minimum absolute atomic E-state index is 0.0339. The SMILES string of the molecule is CC1(C)c2ccccc2-c2ccc(I)c(-n3cnc4ccccc43)c21. The molecule has 1 aliphatic carbocycles. The van der Waals surface area contributed by atoms with Crippen LogP contribution >= 0.6 is 22.6 Å². The third-order valence-corrected chi connectivity index (χ3v) is 6.21. The van der Waals surface area contributed by atoms with Gasteiger partial charge in [-0.25, -0.2) is 4.98 Å². The van der Waals surface area contributed by atoms with Gasteiger partial charge in [-0.05, 0) is 63.0 Å². The Balaban J connectivity index is 1.90. The molecule has 122 valence electrons. The summed E-state index contributed by atoms with van der Waals surface area (Å²) in [6, 6.07) is 21.6. The Morgan fingerprint density at radius 2 is 1.64 bits per heavy atom. The van der Waals surface area contributed by atoms with Crippen LogP contribution in [0.25, 0.3) is 27.8 Å². The summed E-state index contributed by atoms with van der Waals surface area (Å²) in [7, 11) is 0. The summed E-state index contributed by atoms with van der Waals surface area (Å²) < 4.78 is 3.50. The summed E-state index contributed by atoms with van der Waals surface area (Å²) in [6.07, 6.45) is 1.96. The van der Waals surface area contributed by atoms with Crippen molar-refractivity contribution in [3.8, 4) is 16.8 Å². The minimum atomic E-state index is -0.0339. The molecular weight excluding hydrogens is 419 g/mol. The van der Waals surface area contributed by atoms with Gasteiger partial charge in [-0.3, -0.25) is 4.57 Å². The summed E-state index contributed by atoms with van der Waals surface area (Å²) in [4.78, 5) is 4.62. The fourth-order valence-electron chi connectivity index (χ4n) is 4.19. The van der Waals surface area contributed by atoms with E-state index in [4.69, 9.17) is 0 Å². The molecule has 3 aromatic carbocycles. The molecule has 0 saturated carbocycles. The molecule has 0 N–H and O–H groups in total. The molecule has 25 heavy (non-hydrogen) atoms. The van der Waals surface area contributed by atoms with Crippen LogP contribution in [0.15, 0.2) is 67.0 Å². The maximum absolute atomic E-state index is 4.62. The van der Waals surface area contributed by atoms with Crippen LogP contribution in [0, 0.1) is 3.57 Å². The van der Waals surface area contributed by atoms with Crippen molar-refractivity contribution in [2.24, 2.45) is 0 Å². The van der Waals surface area contributed by atoms with E-state index >= 15 is 0 Å². The predicted octanol–water partition coefficient (Wildman–Crippen LogP) is 5.94. The van der Waals surface area contributed by atoms with Crippen LogP contribution in [-0.4, -0.2) is 9.55 Å². The van der Waals surface area contributed by atoms with Crippen molar-refractivity contribution in [1.29, 1.82) is 0 Å². The van der Waals surface area contributed by atoms with Gasteiger partial charge in [0.15, 0.2) is 0 Å². The Hall–Kier alpha value is -2.14. The quantitative estimate of drug-likeness (QED) is 0.338. The molecule has 0 saturated heterocycles. The van der Waals surface area contributed by atoms with Crippen molar-refractivity contribution >= 4 is 33.6 Å². The van der Waals surface area contributed by atoms with Gasteiger partial charge in [0, 0.05) is 8.99 Å². The third-order valence-electron chi connectivity index (χ3n) is 5.34. The van der Waals surface area contributed by atoms with Crippen LogP contribution in [0.5, 0.6) is 0 Å². The van der Waals surface area contributed by atoms with E-state index in [0.29, 0.717) is 0 Å². The molecule has 0 bridgehead atoms. The monoisotopic (exact) mass is 436 g/mol. The van der Waals surface area contributed by atoms with Crippen molar-refractivity contribution < 1.29 is 0 Å². The molecule has 0 fully saturated rings. The first-order valence-corrected chi connectivity index (χ1v) is 9.52. The van der Waals surface area contributed by atoms with Gasteiger partial charge in [-0.2, -0.15) is 0 Å². The van der Waals surface area contributed by atoms with Gasteiger partial charge in [0.05, 0.1) is 16.7 Å². The fraction of sp³-hybridized carbons (Fsp3) is 0.136. The standard InChI is InChI=1S/C22H17IN2/c1-22(2)16-8-4-3-7-14(16)15-11-12-17(23)21(20(15)22)25-13-24-18-9-5-6-10-19(18)25/h3-13H,1-2H3. The van der Waals surface area contributed by atoms with Crippen LogP contribution in [0.1, 0.15) is 25.0 Å². The van der Waals surface area contributed by atoms with Gasteiger partial charge < -0.3 is 0 Å². The lowest BCUT2D eigenvalue weighted by atomic mass is 9.81. The second kappa shape index (κ2) is 5.18.